The van der Waals surface area contributed by atoms with E-state index in [1.54, 1.807) is 45.6 Å². The number of methoxy groups -OCH3 is 4. The lowest BCUT2D eigenvalue weighted by molar-refractivity contribution is -0.121. The zero-order valence-electron chi connectivity index (χ0n) is 22.7. The maximum atomic E-state index is 13.3. The average molecular weight is 534 g/mol. The van der Waals surface area contributed by atoms with Gasteiger partial charge in [0, 0.05) is 18.9 Å². The van der Waals surface area contributed by atoms with Crippen LogP contribution in [-0.2, 0) is 28.9 Å². The fourth-order valence-corrected chi connectivity index (χ4v) is 4.08. The molecule has 3 N–H and O–H groups in total. The van der Waals surface area contributed by atoms with Gasteiger partial charge in [-0.05, 0) is 47.4 Å². The average Bonchev–Trinajstić information content (AvgIpc) is 2.95. The number of aliphatic imine (C=N–C) groups is 1. The van der Waals surface area contributed by atoms with Crippen LogP contribution in [0.1, 0.15) is 23.1 Å². The first kappa shape index (κ1) is 29.0. The molecule has 9 nitrogen and oxygen atoms in total. The van der Waals surface area contributed by atoms with Gasteiger partial charge in [0.15, 0.2) is 23.2 Å². The van der Waals surface area contributed by atoms with Crippen LogP contribution in [0, 0.1) is 0 Å². The van der Waals surface area contributed by atoms with Crippen molar-refractivity contribution in [1.29, 1.82) is 0 Å². The number of nitrogens with zero attached hydrogens (tertiary/aromatic N) is 1. The summed E-state index contributed by atoms with van der Waals surface area (Å²) >= 11 is 0. The normalized spacial score (nSPS) is 11.8. The molecule has 0 aliphatic heterocycles. The molecule has 206 valence electrons. The highest BCUT2D eigenvalue weighted by Gasteiger charge is 2.20. The van der Waals surface area contributed by atoms with Crippen LogP contribution in [0.2, 0.25) is 0 Å². The second kappa shape index (κ2) is 14.4. The summed E-state index contributed by atoms with van der Waals surface area (Å²) in [7, 11) is 6.23. The topological polar surface area (TPSA) is 121 Å². The van der Waals surface area contributed by atoms with Crippen molar-refractivity contribution in [3.8, 4) is 23.0 Å². The summed E-state index contributed by atoms with van der Waals surface area (Å²) in [6.07, 6.45) is 1.10. The summed E-state index contributed by atoms with van der Waals surface area (Å²) in [6.45, 7) is 0. The molecule has 0 bridgehead atoms. The molecule has 0 radical (unpaired) electrons. The Balaban J connectivity index is 1.72. The van der Waals surface area contributed by atoms with Gasteiger partial charge in [0.2, 0.25) is 5.91 Å². The van der Waals surface area contributed by atoms with Crippen LogP contribution < -0.4 is 30.0 Å². The summed E-state index contributed by atoms with van der Waals surface area (Å²) in [5.41, 5.74) is 8.64. The van der Waals surface area contributed by atoms with E-state index in [1.165, 1.54) is 7.11 Å². The third-order valence-electron chi connectivity index (χ3n) is 6.09. The molecule has 0 aliphatic rings. The first-order valence-electron chi connectivity index (χ1n) is 12.5. The minimum Gasteiger partial charge on any atom is -0.497 e. The Labute approximate surface area is 228 Å². The minimum absolute atomic E-state index is 0.0472. The molecule has 3 rings (SSSR count). The smallest absolute Gasteiger partial charge is 0.231 e. The van der Waals surface area contributed by atoms with E-state index in [0.29, 0.717) is 41.4 Å². The SMILES string of the molecule is COc1cc(CCC(=O)[C@@H](Cc2ccccc2)N=C(N)NC(=O)Cc2ccc(OC)c(OC)c2)cc(OC)c1. The Hall–Kier alpha value is -4.53. The molecule has 0 spiro atoms. The highest BCUT2D eigenvalue weighted by atomic mass is 16.5. The van der Waals surface area contributed by atoms with Crippen LogP contribution >= 0.6 is 0 Å². The van der Waals surface area contributed by atoms with Crippen LogP contribution in [0.3, 0.4) is 0 Å². The number of aryl methyl sites for hydroxylation is 1. The van der Waals surface area contributed by atoms with Crippen molar-refractivity contribution in [1.82, 2.24) is 5.32 Å². The van der Waals surface area contributed by atoms with Crippen molar-refractivity contribution >= 4 is 17.6 Å². The Morgan fingerprint density at radius 1 is 0.795 bits per heavy atom. The third-order valence-corrected chi connectivity index (χ3v) is 6.09. The first-order valence-corrected chi connectivity index (χ1v) is 12.5. The van der Waals surface area contributed by atoms with Crippen molar-refractivity contribution in [2.45, 2.75) is 31.7 Å². The summed E-state index contributed by atoms with van der Waals surface area (Å²) in [5, 5.41) is 2.60. The Morgan fingerprint density at radius 2 is 1.46 bits per heavy atom. The van der Waals surface area contributed by atoms with Crippen LogP contribution in [0.5, 0.6) is 23.0 Å². The second-order valence-electron chi connectivity index (χ2n) is 8.82. The molecule has 1 atom stereocenters. The molecule has 9 heteroatoms. The van der Waals surface area contributed by atoms with Crippen LogP contribution in [0.25, 0.3) is 0 Å². The molecular weight excluding hydrogens is 498 g/mol. The number of ketones is 1. The van der Waals surface area contributed by atoms with Gasteiger partial charge in [-0.2, -0.15) is 0 Å². The number of carbonyl (C=O) groups excluding carboxylic acids is 2. The number of hydrogen-bond acceptors (Lipinski definition) is 7. The highest BCUT2D eigenvalue weighted by molar-refractivity contribution is 5.98. The summed E-state index contributed by atoms with van der Waals surface area (Å²) < 4.78 is 21.2. The van der Waals surface area contributed by atoms with E-state index >= 15 is 0 Å². The van der Waals surface area contributed by atoms with Gasteiger partial charge in [-0.1, -0.05) is 36.4 Å². The maximum Gasteiger partial charge on any atom is 0.231 e. The van der Waals surface area contributed by atoms with Crippen molar-refractivity contribution < 1.29 is 28.5 Å². The van der Waals surface area contributed by atoms with Crippen molar-refractivity contribution in [2.24, 2.45) is 10.7 Å². The molecular formula is C30H35N3O6. The number of benzene rings is 3. The lowest BCUT2D eigenvalue weighted by atomic mass is 9.98. The van der Waals surface area contributed by atoms with Crippen LogP contribution in [-0.4, -0.2) is 52.1 Å². The zero-order valence-corrected chi connectivity index (χ0v) is 22.7. The van der Waals surface area contributed by atoms with Crippen LogP contribution in [0.4, 0.5) is 0 Å². The lowest BCUT2D eigenvalue weighted by Gasteiger charge is -2.14. The summed E-state index contributed by atoms with van der Waals surface area (Å²) in [6, 6.07) is 19.5. The van der Waals surface area contributed by atoms with E-state index in [9.17, 15) is 9.59 Å². The minimum atomic E-state index is -0.763. The Kier molecular flexibility index (Phi) is 10.7. The van der Waals surface area contributed by atoms with Gasteiger partial charge in [0.1, 0.15) is 17.5 Å². The molecule has 3 aromatic rings. The molecule has 0 saturated heterocycles. The predicted octanol–water partition coefficient (Wildman–Crippen LogP) is 3.51. The molecule has 1 amide bonds. The van der Waals surface area contributed by atoms with Crippen molar-refractivity contribution in [2.75, 3.05) is 28.4 Å². The van der Waals surface area contributed by atoms with Gasteiger partial charge in [-0.3, -0.25) is 14.9 Å². The number of amides is 1. The fourth-order valence-electron chi connectivity index (χ4n) is 4.08. The van der Waals surface area contributed by atoms with E-state index in [4.69, 9.17) is 24.7 Å². The molecule has 0 heterocycles. The molecule has 0 aliphatic carbocycles. The number of rotatable bonds is 13. The largest absolute Gasteiger partial charge is 0.497 e. The van der Waals surface area contributed by atoms with Crippen molar-refractivity contribution in [3.63, 3.8) is 0 Å². The number of carbonyl (C=O) groups is 2. The lowest BCUT2D eigenvalue weighted by Crippen LogP contribution is -2.40. The van der Waals surface area contributed by atoms with E-state index in [0.717, 1.165) is 11.1 Å². The number of ether oxygens (including phenoxy) is 4. The number of Topliss-reactive ketones (excluding diaryl/α,β-unsaturated/α-hetero) is 1. The maximum absolute atomic E-state index is 13.3. The van der Waals surface area contributed by atoms with E-state index in [2.05, 4.69) is 10.3 Å². The predicted molar refractivity (Wildman–Crippen MR) is 150 cm³/mol. The monoisotopic (exact) mass is 533 g/mol. The van der Waals surface area contributed by atoms with Gasteiger partial charge < -0.3 is 24.7 Å². The molecule has 39 heavy (non-hydrogen) atoms. The van der Waals surface area contributed by atoms with E-state index < -0.39 is 6.04 Å². The standard InChI is InChI=1S/C30H35N3O6/c1-36-23-14-21(15-24(19-23)37-2)10-12-26(34)25(16-20-8-6-5-7-9-20)32-30(31)33-29(35)18-22-11-13-27(38-3)28(17-22)39-4/h5-9,11,13-15,17,19,25H,10,12,16,18H2,1-4H3,(H3,31,32,33,35)/t25-/m1/s1. The fraction of sp³-hybridized carbons (Fsp3) is 0.300. The Morgan fingerprint density at radius 3 is 2.08 bits per heavy atom. The second-order valence-corrected chi connectivity index (χ2v) is 8.82. The third kappa shape index (κ3) is 8.77. The number of nitrogens with one attached hydrogen (secondary N) is 1. The molecule has 3 aromatic carbocycles. The number of nitrogens with two attached hydrogens (primary N) is 1. The molecule has 0 aromatic heterocycles. The van der Waals surface area contributed by atoms with E-state index in [1.807, 2.05) is 42.5 Å². The molecule has 0 saturated carbocycles. The highest BCUT2D eigenvalue weighted by Crippen LogP contribution is 2.27. The molecule has 0 fully saturated rings. The Bertz CT molecular complexity index is 1270. The summed E-state index contributed by atoms with van der Waals surface area (Å²) in [5.74, 6) is 1.81. The van der Waals surface area contributed by atoms with Gasteiger partial charge in [0.25, 0.3) is 0 Å². The first-order chi connectivity index (χ1) is 18.8. The van der Waals surface area contributed by atoms with Gasteiger partial charge in [-0.25, -0.2) is 4.99 Å². The number of hydrogen-bond donors (Lipinski definition) is 2. The zero-order chi connectivity index (χ0) is 28.2. The quantitative estimate of drug-likeness (QED) is 0.255. The molecule has 0 unspecified atom stereocenters. The summed E-state index contributed by atoms with van der Waals surface area (Å²) in [4.78, 5) is 30.4. The van der Waals surface area contributed by atoms with Crippen LogP contribution in [0.15, 0.2) is 71.7 Å². The van der Waals surface area contributed by atoms with Gasteiger partial charge in [-0.15, -0.1) is 0 Å². The van der Waals surface area contributed by atoms with E-state index in [-0.39, 0.29) is 30.5 Å². The number of guanidine groups is 1. The van der Waals surface area contributed by atoms with Gasteiger partial charge >= 0.3 is 0 Å². The van der Waals surface area contributed by atoms with Crippen molar-refractivity contribution in [3.05, 3.63) is 83.4 Å². The van der Waals surface area contributed by atoms with Gasteiger partial charge in [0.05, 0.1) is 34.9 Å².